The lowest BCUT2D eigenvalue weighted by molar-refractivity contribution is 0.101. The average Bonchev–Trinajstić information content (AvgIpc) is 1.96. The summed E-state index contributed by atoms with van der Waals surface area (Å²) >= 11 is 2.94. The van der Waals surface area contributed by atoms with Gasteiger partial charge in [0, 0.05) is 13.1 Å². The Hall–Kier alpha value is -0.770. The van der Waals surface area contributed by atoms with Gasteiger partial charge in [-0.1, -0.05) is 0 Å². The molecule has 0 radical (unpaired) electrons. The van der Waals surface area contributed by atoms with E-state index in [2.05, 4.69) is 25.9 Å². The second-order valence-corrected chi connectivity index (χ2v) is 2.34. The van der Waals surface area contributed by atoms with Crippen LogP contribution >= 0.6 is 15.9 Å². The Kier molecular flexibility index (Phi) is 1.43. The van der Waals surface area contributed by atoms with E-state index in [1.54, 1.807) is 0 Å². The van der Waals surface area contributed by atoms with Gasteiger partial charge < -0.3 is 0 Å². The van der Waals surface area contributed by atoms with Crippen molar-refractivity contribution in [3.8, 4) is 0 Å². The molecule has 0 saturated carbocycles. The first kappa shape index (κ1) is 4.96. The molecule has 0 amide bonds. The summed E-state index contributed by atoms with van der Waals surface area (Å²) in [4.78, 5) is 18.1. The van der Waals surface area contributed by atoms with Gasteiger partial charge in [0.2, 0.25) is 0 Å². The molecule has 0 N–H and O–H groups in total. The maximum absolute atomic E-state index is 10.9. The molecule has 0 aliphatic carbocycles. The molecular formula is C6H5BrN2O. The lowest BCUT2D eigenvalue weighted by Crippen LogP contribution is -1.96. The van der Waals surface area contributed by atoms with Gasteiger partial charge in [-0.2, -0.15) is 0 Å². The second kappa shape index (κ2) is 2.88. The molecule has 0 spiro atoms. The zero-order valence-electron chi connectivity index (χ0n) is 7.18. The van der Waals surface area contributed by atoms with E-state index < -0.39 is 0 Å². The van der Waals surface area contributed by atoms with Crippen molar-refractivity contribution in [3.05, 3.63) is 22.6 Å². The van der Waals surface area contributed by atoms with Crippen molar-refractivity contribution < 1.29 is 7.54 Å². The maximum atomic E-state index is 10.9. The van der Waals surface area contributed by atoms with E-state index >= 15 is 0 Å². The third kappa shape index (κ3) is 1.60. The van der Waals surface area contributed by atoms with Crippen LogP contribution in [0.4, 0.5) is 0 Å². The molecule has 52 valence electrons. The summed E-state index contributed by atoms with van der Waals surface area (Å²) in [5, 5.41) is 0. The van der Waals surface area contributed by atoms with Gasteiger partial charge in [-0.05, 0) is 22.0 Å². The van der Waals surface area contributed by atoms with E-state index in [4.69, 9.17) is 2.74 Å². The fourth-order valence-corrected chi connectivity index (χ4v) is 0.705. The minimum absolute atomic E-state index is 0.0260. The van der Waals surface area contributed by atoms with Crippen LogP contribution in [0, 0.1) is 0 Å². The van der Waals surface area contributed by atoms with Crippen LogP contribution in [-0.2, 0) is 0 Å². The molecular weight excluding hydrogens is 196 g/mol. The summed E-state index contributed by atoms with van der Waals surface area (Å²) in [6, 6.07) is -0.231. The monoisotopic (exact) mass is 202 g/mol. The summed E-state index contributed by atoms with van der Waals surface area (Å²) in [6.07, 6.45) is -0.248. The standard InChI is InChI=1S/C6H5BrN2O/c1-4(10)5-2-3-8-6(7)9-5/h2-3H,1H3/i2D,3D. The van der Waals surface area contributed by atoms with Gasteiger partial charge in [-0.3, -0.25) is 4.79 Å². The average molecular weight is 203 g/mol. The van der Waals surface area contributed by atoms with E-state index in [9.17, 15) is 4.79 Å². The van der Waals surface area contributed by atoms with E-state index in [1.807, 2.05) is 0 Å². The highest BCUT2D eigenvalue weighted by molar-refractivity contribution is 9.10. The number of Topliss-reactive ketones (excluding diaryl/α,β-unsaturated/α-hetero) is 1. The first-order chi connectivity index (χ1) is 5.52. The molecule has 1 heterocycles. The molecule has 0 bridgehead atoms. The Labute approximate surface area is 69.4 Å². The lowest BCUT2D eigenvalue weighted by atomic mass is 10.3. The summed E-state index contributed by atoms with van der Waals surface area (Å²) in [6.45, 7) is 1.30. The largest absolute Gasteiger partial charge is 0.293 e. The maximum Gasteiger partial charge on any atom is 0.197 e. The van der Waals surface area contributed by atoms with Crippen molar-refractivity contribution in [2.45, 2.75) is 6.92 Å². The Balaban J connectivity index is 3.37. The van der Waals surface area contributed by atoms with Crippen LogP contribution in [0.2, 0.25) is 0 Å². The third-order valence-electron chi connectivity index (χ3n) is 0.860. The molecule has 0 unspecified atom stereocenters. The second-order valence-electron chi connectivity index (χ2n) is 1.63. The number of nitrogens with zero attached hydrogens (tertiary/aromatic N) is 2. The normalized spacial score (nSPS) is 12.2. The number of ketones is 1. The Morgan fingerprint density at radius 2 is 2.60 bits per heavy atom. The highest BCUT2D eigenvalue weighted by Crippen LogP contribution is 2.01. The summed E-state index contributed by atoms with van der Waals surface area (Å²) in [5.74, 6) is -0.336. The molecule has 0 aliphatic rings. The Morgan fingerprint density at radius 1 is 1.90 bits per heavy atom. The Bertz CT molecular complexity index is 343. The highest BCUT2D eigenvalue weighted by atomic mass is 79.9. The van der Waals surface area contributed by atoms with Crippen molar-refractivity contribution >= 4 is 21.7 Å². The molecule has 1 aromatic rings. The zero-order valence-corrected chi connectivity index (χ0v) is 6.77. The molecule has 0 atom stereocenters. The molecule has 0 aliphatic heterocycles. The topological polar surface area (TPSA) is 42.9 Å². The smallest absolute Gasteiger partial charge is 0.197 e. The quantitative estimate of drug-likeness (QED) is 0.512. The van der Waals surface area contributed by atoms with Gasteiger partial charge in [0.15, 0.2) is 10.5 Å². The van der Waals surface area contributed by atoms with Gasteiger partial charge in [0.25, 0.3) is 0 Å². The molecule has 1 aromatic heterocycles. The predicted octanol–water partition coefficient (Wildman–Crippen LogP) is 1.44. The van der Waals surface area contributed by atoms with Gasteiger partial charge in [-0.15, -0.1) is 0 Å². The van der Waals surface area contributed by atoms with Crippen molar-refractivity contribution in [3.63, 3.8) is 0 Å². The van der Waals surface area contributed by atoms with Crippen LogP contribution in [0.5, 0.6) is 0 Å². The molecule has 0 aromatic carbocycles. The zero-order chi connectivity index (χ0) is 9.30. The molecule has 1 rings (SSSR count). The van der Waals surface area contributed by atoms with Crippen LogP contribution in [0.15, 0.2) is 16.9 Å². The number of carbonyl (C=O) groups is 1. The molecule has 3 nitrogen and oxygen atoms in total. The lowest BCUT2D eigenvalue weighted by Gasteiger charge is -1.91. The highest BCUT2D eigenvalue weighted by Gasteiger charge is 1.99. The van der Waals surface area contributed by atoms with Crippen LogP contribution in [0.3, 0.4) is 0 Å². The van der Waals surface area contributed by atoms with Gasteiger partial charge in [-0.25, -0.2) is 9.97 Å². The van der Waals surface area contributed by atoms with Gasteiger partial charge in [0.1, 0.15) is 5.69 Å². The van der Waals surface area contributed by atoms with Crippen LogP contribution in [0.1, 0.15) is 20.2 Å². The number of hydrogen-bond acceptors (Lipinski definition) is 3. The number of aromatic nitrogens is 2. The SMILES string of the molecule is [2H]c1nc(Br)nc(C(C)=O)c1[2H]. The van der Waals surface area contributed by atoms with Gasteiger partial charge in [0.05, 0.1) is 2.74 Å². The van der Waals surface area contributed by atoms with Crippen LogP contribution in [0.25, 0.3) is 0 Å². The molecule has 10 heavy (non-hydrogen) atoms. The summed E-state index contributed by atoms with van der Waals surface area (Å²) in [7, 11) is 0. The van der Waals surface area contributed by atoms with E-state index in [0.29, 0.717) is 0 Å². The van der Waals surface area contributed by atoms with Crippen LogP contribution in [-0.4, -0.2) is 15.8 Å². The van der Waals surface area contributed by atoms with E-state index in [1.165, 1.54) is 6.92 Å². The van der Waals surface area contributed by atoms with E-state index in [-0.39, 0.29) is 28.4 Å². The first-order valence-corrected chi connectivity index (χ1v) is 3.33. The number of hydrogen-bond donors (Lipinski definition) is 0. The summed E-state index contributed by atoms with van der Waals surface area (Å²) in [5.41, 5.74) is -0.0260. The van der Waals surface area contributed by atoms with E-state index in [0.717, 1.165) is 0 Å². The van der Waals surface area contributed by atoms with Crippen molar-refractivity contribution in [2.24, 2.45) is 0 Å². The number of halogens is 1. The number of carbonyl (C=O) groups excluding carboxylic acids is 1. The minimum atomic E-state index is -0.336. The predicted molar refractivity (Wildman–Crippen MR) is 39.7 cm³/mol. The summed E-state index contributed by atoms with van der Waals surface area (Å²) < 4.78 is 14.6. The Morgan fingerprint density at radius 3 is 3.20 bits per heavy atom. The van der Waals surface area contributed by atoms with Crippen molar-refractivity contribution in [2.75, 3.05) is 0 Å². The van der Waals surface area contributed by atoms with Crippen LogP contribution < -0.4 is 0 Å². The van der Waals surface area contributed by atoms with Gasteiger partial charge >= 0.3 is 0 Å². The van der Waals surface area contributed by atoms with Crippen molar-refractivity contribution in [1.29, 1.82) is 0 Å². The third-order valence-corrected chi connectivity index (χ3v) is 1.21. The molecule has 4 heteroatoms. The molecule has 0 fully saturated rings. The fourth-order valence-electron chi connectivity index (χ4n) is 0.439. The first-order valence-electron chi connectivity index (χ1n) is 3.54. The fraction of sp³-hybridized carbons (Fsp3) is 0.167. The minimum Gasteiger partial charge on any atom is -0.293 e. The number of rotatable bonds is 1. The molecule has 0 saturated heterocycles. The van der Waals surface area contributed by atoms with Crippen molar-refractivity contribution in [1.82, 2.24) is 9.97 Å².